The lowest BCUT2D eigenvalue weighted by Crippen LogP contribution is -2.42. The molecule has 2 aliphatic rings. The molecule has 1 unspecified atom stereocenters. The van der Waals surface area contributed by atoms with Gasteiger partial charge in [0.2, 0.25) is 0 Å². The number of hydrogen-bond acceptors (Lipinski definition) is 3. The van der Waals surface area contributed by atoms with Crippen molar-refractivity contribution in [2.45, 2.75) is 44.6 Å². The van der Waals surface area contributed by atoms with E-state index < -0.39 is 0 Å². The summed E-state index contributed by atoms with van der Waals surface area (Å²) in [6, 6.07) is 7.72. The van der Waals surface area contributed by atoms with Crippen molar-refractivity contribution in [2.75, 3.05) is 39.5 Å². The van der Waals surface area contributed by atoms with E-state index in [1.165, 1.54) is 25.9 Å². The number of unbranched alkanes of at least 4 members (excludes halogenated alkanes) is 1. The van der Waals surface area contributed by atoms with E-state index in [1.807, 2.05) is 24.3 Å². The Bertz CT molecular complexity index is 543. The summed E-state index contributed by atoms with van der Waals surface area (Å²) in [6.45, 7) is 4.44. The van der Waals surface area contributed by atoms with Crippen molar-refractivity contribution >= 4 is 5.91 Å². The van der Waals surface area contributed by atoms with Crippen LogP contribution in [0, 0.1) is 0 Å². The first-order valence-electron chi connectivity index (χ1n) is 9.60. The molecule has 0 aliphatic carbocycles. The molecule has 1 aromatic carbocycles. The summed E-state index contributed by atoms with van der Waals surface area (Å²) in [7, 11) is 0. The number of carbonyl (C=O) groups excluding carboxylic acids is 1. The molecule has 4 nitrogen and oxygen atoms in total. The predicted molar refractivity (Wildman–Crippen MR) is 96.9 cm³/mol. The molecule has 3 rings (SSSR count). The molecule has 2 saturated heterocycles. The summed E-state index contributed by atoms with van der Waals surface area (Å²) in [4.78, 5) is 17.4. The Balaban J connectivity index is 1.54. The highest BCUT2D eigenvalue weighted by Crippen LogP contribution is 2.23. The minimum atomic E-state index is -0.300. The molecule has 0 aromatic heterocycles. The van der Waals surface area contributed by atoms with Crippen molar-refractivity contribution in [1.29, 1.82) is 0 Å². The third-order valence-corrected chi connectivity index (χ3v) is 5.20. The van der Waals surface area contributed by atoms with Gasteiger partial charge in [0.15, 0.2) is 0 Å². The maximum absolute atomic E-state index is 12.9. The van der Waals surface area contributed by atoms with E-state index in [4.69, 9.17) is 4.74 Å². The molecule has 2 aliphatic heterocycles. The summed E-state index contributed by atoms with van der Waals surface area (Å²) >= 11 is 0. The zero-order valence-corrected chi connectivity index (χ0v) is 15.0. The molecule has 2 fully saturated rings. The van der Waals surface area contributed by atoms with E-state index in [0.29, 0.717) is 25.5 Å². The average Bonchev–Trinajstić information content (AvgIpc) is 3.31. The molecule has 1 amide bonds. The Morgan fingerprint density at radius 1 is 1.08 bits per heavy atom. The maximum Gasteiger partial charge on any atom is 0.254 e. The van der Waals surface area contributed by atoms with Gasteiger partial charge in [0.25, 0.3) is 5.91 Å². The van der Waals surface area contributed by atoms with Crippen LogP contribution in [0.15, 0.2) is 24.3 Å². The van der Waals surface area contributed by atoms with Gasteiger partial charge in [0.05, 0.1) is 13.3 Å². The third kappa shape index (κ3) is 4.94. The molecule has 0 saturated carbocycles. The van der Waals surface area contributed by atoms with Crippen LogP contribution in [0.5, 0.6) is 5.75 Å². The highest BCUT2D eigenvalue weighted by Gasteiger charge is 2.31. The number of carbonyl (C=O) groups is 1. The van der Waals surface area contributed by atoms with Crippen molar-refractivity contribution in [1.82, 2.24) is 9.80 Å². The Morgan fingerprint density at radius 2 is 1.84 bits per heavy atom. The van der Waals surface area contributed by atoms with Crippen LogP contribution in [-0.2, 0) is 0 Å². The summed E-state index contributed by atoms with van der Waals surface area (Å²) in [5.74, 6) is 0.871. The molecule has 25 heavy (non-hydrogen) atoms. The number of alkyl halides is 1. The SMILES string of the molecule is O=C(c1ccc(OCCCCF)cc1)N1CCCC1CN1CCCC1. The largest absolute Gasteiger partial charge is 0.494 e. The van der Waals surface area contributed by atoms with Gasteiger partial charge in [-0.2, -0.15) is 0 Å². The lowest BCUT2D eigenvalue weighted by Gasteiger charge is -2.28. The first kappa shape index (κ1) is 18.2. The molecule has 5 heteroatoms. The number of amides is 1. The minimum absolute atomic E-state index is 0.130. The Kier molecular flexibility index (Phi) is 6.68. The Hall–Kier alpha value is -1.62. The molecule has 2 heterocycles. The van der Waals surface area contributed by atoms with Gasteiger partial charge in [-0.1, -0.05) is 0 Å². The second kappa shape index (κ2) is 9.18. The van der Waals surface area contributed by atoms with Crippen LogP contribution < -0.4 is 4.74 Å². The highest BCUT2D eigenvalue weighted by atomic mass is 19.1. The first-order chi connectivity index (χ1) is 12.3. The average molecular weight is 348 g/mol. The quantitative estimate of drug-likeness (QED) is 0.674. The zero-order valence-electron chi connectivity index (χ0n) is 15.0. The topological polar surface area (TPSA) is 32.8 Å². The molecule has 0 bridgehead atoms. The Labute approximate surface area is 149 Å². The second-order valence-electron chi connectivity index (χ2n) is 7.07. The number of hydrogen-bond donors (Lipinski definition) is 0. The van der Waals surface area contributed by atoms with Crippen molar-refractivity contribution in [3.8, 4) is 5.75 Å². The van der Waals surface area contributed by atoms with Crippen LogP contribution in [0.25, 0.3) is 0 Å². The fraction of sp³-hybridized carbons (Fsp3) is 0.650. The number of ether oxygens (including phenoxy) is 1. The molecule has 1 atom stereocenters. The van der Waals surface area contributed by atoms with Crippen LogP contribution in [-0.4, -0.2) is 61.2 Å². The minimum Gasteiger partial charge on any atom is -0.494 e. The summed E-state index contributed by atoms with van der Waals surface area (Å²) < 4.78 is 17.6. The van der Waals surface area contributed by atoms with Gasteiger partial charge < -0.3 is 14.5 Å². The van der Waals surface area contributed by atoms with E-state index in [2.05, 4.69) is 9.80 Å². The van der Waals surface area contributed by atoms with Crippen molar-refractivity contribution in [3.05, 3.63) is 29.8 Å². The van der Waals surface area contributed by atoms with Crippen molar-refractivity contribution in [3.63, 3.8) is 0 Å². The first-order valence-corrected chi connectivity index (χ1v) is 9.60. The van der Waals surface area contributed by atoms with Gasteiger partial charge in [-0.15, -0.1) is 0 Å². The number of likely N-dealkylation sites (tertiary alicyclic amines) is 2. The normalized spacial score (nSPS) is 21.0. The van der Waals surface area contributed by atoms with Crippen LogP contribution in [0.2, 0.25) is 0 Å². The van der Waals surface area contributed by atoms with E-state index in [1.54, 1.807) is 0 Å². The predicted octanol–water partition coefficient (Wildman–Crippen LogP) is 3.52. The number of halogens is 1. The van der Waals surface area contributed by atoms with Crippen molar-refractivity contribution in [2.24, 2.45) is 0 Å². The van der Waals surface area contributed by atoms with Gasteiger partial charge in [0.1, 0.15) is 5.75 Å². The third-order valence-electron chi connectivity index (χ3n) is 5.20. The standard InChI is InChI=1S/C20H29FN2O2/c21-11-1-4-15-25-19-9-7-17(8-10-19)20(24)23-14-5-6-18(23)16-22-12-2-3-13-22/h7-10,18H,1-6,11-16H2. The van der Waals surface area contributed by atoms with Crippen molar-refractivity contribution < 1.29 is 13.9 Å². The van der Waals surface area contributed by atoms with E-state index in [0.717, 1.165) is 37.2 Å². The molecule has 138 valence electrons. The number of benzene rings is 1. The van der Waals surface area contributed by atoms with Gasteiger partial charge in [-0.05, 0) is 75.9 Å². The Morgan fingerprint density at radius 3 is 2.56 bits per heavy atom. The highest BCUT2D eigenvalue weighted by molar-refractivity contribution is 5.94. The molecule has 0 spiro atoms. The number of rotatable bonds is 8. The van der Waals surface area contributed by atoms with Crippen LogP contribution >= 0.6 is 0 Å². The van der Waals surface area contributed by atoms with Crippen LogP contribution in [0.3, 0.4) is 0 Å². The van der Waals surface area contributed by atoms with Gasteiger partial charge in [-0.3, -0.25) is 9.18 Å². The maximum atomic E-state index is 12.9. The van der Waals surface area contributed by atoms with E-state index >= 15 is 0 Å². The lowest BCUT2D eigenvalue weighted by atomic mass is 10.1. The molecular formula is C20H29FN2O2. The summed E-state index contributed by atoms with van der Waals surface area (Å²) in [6.07, 6.45) is 6.02. The van der Waals surface area contributed by atoms with E-state index in [-0.39, 0.29) is 12.6 Å². The monoisotopic (exact) mass is 348 g/mol. The summed E-state index contributed by atoms with van der Waals surface area (Å²) in [5, 5.41) is 0. The second-order valence-corrected chi connectivity index (χ2v) is 7.07. The van der Waals surface area contributed by atoms with E-state index in [9.17, 15) is 9.18 Å². The molecular weight excluding hydrogens is 319 g/mol. The summed E-state index contributed by atoms with van der Waals surface area (Å²) in [5.41, 5.74) is 0.726. The van der Waals surface area contributed by atoms with Gasteiger partial charge >= 0.3 is 0 Å². The smallest absolute Gasteiger partial charge is 0.254 e. The molecule has 0 N–H and O–H groups in total. The van der Waals surface area contributed by atoms with Gasteiger partial charge in [0, 0.05) is 24.7 Å². The van der Waals surface area contributed by atoms with Crippen LogP contribution in [0.1, 0.15) is 48.9 Å². The molecule has 1 aromatic rings. The van der Waals surface area contributed by atoms with Gasteiger partial charge in [-0.25, -0.2) is 0 Å². The molecule has 0 radical (unpaired) electrons. The zero-order chi connectivity index (χ0) is 17.5. The van der Waals surface area contributed by atoms with Crippen LogP contribution in [0.4, 0.5) is 4.39 Å². The number of nitrogens with zero attached hydrogens (tertiary/aromatic N) is 2. The fourth-order valence-electron chi connectivity index (χ4n) is 3.80. The lowest BCUT2D eigenvalue weighted by molar-refractivity contribution is 0.0708. The fourth-order valence-corrected chi connectivity index (χ4v) is 3.80.